The number of aliphatic imine (C=N–C) groups is 1. The minimum Gasteiger partial charge on any atom is -0.461 e. The van der Waals surface area contributed by atoms with Crippen molar-refractivity contribution in [2.24, 2.45) is 4.99 Å². The molecule has 2 saturated heterocycles. The summed E-state index contributed by atoms with van der Waals surface area (Å²) in [4.78, 5) is 22.9. The third kappa shape index (κ3) is 10.1. The molecule has 0 bridgehead atoms. The molecule has 19 heavy (non-hydrogen) atoms. The standard InChI is InChI=1S/C6H7NO3.C6H10O3/c1-2-6(9)10-4-3-7-5-8;1(5-3-8-5)7-2-6-4-9-6/h2H,1,3-4H2;5-6H,1-4H2. The second-order valence-electron chi connectivity index (χ2n) is 3.79. The number of carbonyl (C=O) groups is 1. The fraction of sp³-hybridized carbons (Fsp3) is 0.667. The maximum Gasteiger partial charge on any atom is 0.330 e. The minimum absolute atomic E-state index is 0.0973. The molecule has 0 aromatic rings. The number of isocyanates is 1. The van der Waals surface area contributed by atoms with Crippen molar-refractivity contribution < 1.29 is 28.5 Å². The molecule has 2 aliphatic heterocycles. The number of hydrogen-bond acceptors (Lipinski definition) is 7. The Morgan fingerprint density at radius 3 is 2.37 bits per heavy atom. The molecular weight excluding hydrogens is 254 g/mol. The van der Waals surface area contributed by atoms with Gasteiger partial charge in [-0.3, -0.25) is 0 Å². The van der Waals surface area contributed by atoms with Crippen molar-refractivity contribution in [1.29, 1.82) is 0 Å². The quantitative estimate of drug-likeness (QED) is 0.152. The highest BCUT2D eigenvalue weighted by Crippen LogP contribution is 2.12. The summed E-state index contributed by atoms with van der Waals surface area (Å²) in [5, 5.41) is 0. The number of nitrogens with zero attached hydrogens (tertiary/aromatic N) is 1. The van der Waals surface area contributed by atoms with Gasteiger partial charge >= 0.3 is 5.97 Å². The lowest BCUT2D eigenvalue weighted by atomic mass is 10.5. The molecule has 2 heterocycles. The van der Waals surface area contributed by atoms with Crippen molar-refractivity contribution in [2.45, 2.75) is 12.2 Å². The van der Waals surface area contributed by atoms with Crippen LogP contribution < -0.4 is 0 Å². The molecule has 2 atom stereocenters. The van der Waals surface area contributed by atoms with Crippen LogP contribution >= 0.6 is 0 Å². The SMILES string of the molecule is C(OCC1CO1)C1CO1.C=CC(=O)OCCN=C=O. The van der Waals surface area contributed by atoms with Gasteiger partial charge in [0, 0.05) is 6.08 Å². The summed E-state index contributed by atoms with van der Waals surface area (Å²) in [7, 11) is 0. The summed E-state index contributed by atoms with van der Waals surface area (Å²) in [6.45, 7) is 6.69. The van der Waals surface area contributed by atoms with Gasteiger partial charge in [0.1, 0.15) is 18.8 Å². The van der Waals surface area contributed by atoms with E-state index < -0.39 is 5.97 Å². The summed E-state index contributed by atoms with van der Waals surface area (Å²) in [6.07, 6.45) is 3.15. The molecule has 7 heteroatoms. The highest BCUT2D eigenvalue weighted by Gasteiger charge is 2.26. The van der Waals surface area contributed by atoms with Crippen molar-refractivity contribution in [3.63, 3.8) is 0 Å². The van der Waals surface area contributed by atoms with Crippen LogP contribution in [-0.4, -0.2) is 63.8 Å². The molecular formula is C12H17NO6. The lowest BCUT2D eigenvalue weighted by Gasteiger charge is -1.95. The van der Waals surface area contributed by atoms with Gasteiger partial charge in [0.05, 0.1) is 33.0 Å². The first-order valence-electron chi connectivity index (χ1n) is 5.90. The summed E-state index contributed by atoms with van der Waals surface area (Å²) in [5.74, 6) is -0.513. The van der Waals surface area contributed by atoms with E-state index in [0.717, 1.165) is 32.5 Å². The first kappa shape index (κ1) is 15.5. The topological polar surface area (TPSA) is 90.0 Å². The van der Waals surface area contributed by atoms with Gasteiger partial charge in [0.25, 0.3) is 0 Å². The monoisotopic (exact) mass is 271 g/mol. The predicted molar refractivity (Wildman–Crippen MR) is 64.4 cm³/mol. The van der Waals surface area contributed by atoms with E-state index in [1.807, 2.05) is 0 Å². The fourth-order valence-electron chi connectivity index (χ4n) is 0.956. The van der Waals surface area contributed by atoms with Crippen molar-refractivity contribution in [2.75, 3.05) is 39.6 Å². The maximum absolute atomic E-state index is 10.3. The number of epoxide rings is 2. The van der Waals surface area contributed by atoms with Gasteiger partial charge < -0.3 is 18.9 Å². The summed E-state index contributed by atoms with van der Waals surface area (Å²) >= 11 is 0. The number of hydrogen-bond donors (Lipinski definition) is 0. The summed E-state index contributed by atoms with van der Waals surface area (Å²) in [5.41, 5.74) is 0. The third-order valence-corrected chi connectivity index (χ3v) is 2.09. The second kappa shape index (κ2) is 9.41. The van der Waals surface area contributed by atoms with Crippen molar-refractivity contribution in [3.05, 3.63) is 12.7 Å². The van der Waals surface area contributed by atoms with Crippen molar-refractivity contribution in [3.8, 4) is 0 Å². The van der Waals surface area contributed by atoms with Crippen molar-refractivity contribution >= 4 is 12.0 Å². The van der Waals surface area contributed by atoms with E-state index in [0.29, 0.717) is 12.2 Å². The van der Waals surface area contributed by atoms with Crippen LogP contribution in [0.3, 0.4) is 0 Å². The van der Waals surface area contributed by atoms with Crippen LogP contribution in [-0.2, 0) is 28.5 Å². The van der Waals surface area contributed by atoms with E-state index >= 15 is 0 Å². The zero-order valence-corrected chi connectivity index (χ0v) is 10.6. The molecule has 106 valence electrons. The van der Waals surface area contributed by atoms with Gasteiger partial charge in [-0.1, -0.05) is 6.58 Å². The molecule has 0 aromatic heterocycles. The molecule has 2 fully saturated rings. The molecule has 0 radical (unpaired) electrons. The molecule has 0 N–H and O–H groups in total. The van der Waals surface area contributed by atoms with Crippen LogP contribution in [0, 0.1) is 0 Å². The van der Waals surface area contributed by atoms with Crippen molar-refractivity contribution in [1.82, 2.24) is 0 Å². The average Bonchev–Trinajstić information content (AvgIpc) is 3.29. The van der Waals surface area contributed by atoms with E-state index in [1.54, 1.807) is 0 Å². The first-order valence-corrected chi connectivity index (χ1v) is 5.90. The lowest BCUT2D eigenvalue weighted by molar-refractivity contribution is -0.137. The van der Waals surface area contributed by atoms with Crippen LogP contribution in [0.2, 0.25) is 0 Å². The molecule has 2 aliphatic rings. The lowest BCUT2D eigenvalue weighted by Crippen LogP contribution is -2.06. The fourth-order valence-corrected chi connectivity index (χ4v) is 0.956. The molecule has 0 aliphatic carbocycles. The van der Waals surface area contributed by atoms with Gasteiger partial charge in [0.15, 0.2) is 0 Å². The summed E-state index contributed by atoms with van der Waals surface area (Å²) in [6, 6.07) is 0. The van der Waals surface area contributed by atoms with E-state index in [4.69, 9.17) is 14.2 Å². The van der Waals surface area contributed by atoms with Crippen LogP contribution in [0.4, 0.5) is 0 Å². The van der Waals surface area contributed by atoms with Gasteiger partial charge in [-0.15, -0.1) is 0 Å². The van der Waals surface area contributed by atoms with E-state index in [2.05, 4.69) is 16.3 Å². The molecule has 0 aromatic carbocycles. The Morgan fingerprint density at radius 1 is 1.37 bits per heavy atom. The number of carbonyl (C=O) groups excluding carboxylic acids is 2. The van der Waals surface area contributed by atoms with Gasteiger partial charge in [-0.05, 0) is 0 Å². The Kier molecular flexibility index (Phi) is 7.69. The van der Waals surface area contributed by atoms with Gasteiger partial charge in [-0.25, -0.2) is 14.6 Å². The van der Waals surface area contributed by atoms with E-state index in [-0.39, 0.29) is 13.2 Å². The Hall–Kier alpha value is -1.53. The normalized spacial score (nSPS) is 22.3. The zero-order valence-electron chi connectivity index (χ0n) is 10.6. The van der Waals surface area contributed by atoms with E-state index in [1.165, 1.54) is 6.08 Å². The first-order chi connectivity index (χ1) is 9.26. The zero-order chi connectivity index (χ0) is 13.9. The Bertz CT molecular complexity index is 319. The molecule has 0 saturated carbocycles. The highest BCUT2D eigenvalue weighted by molar-refractivity contribution is 5.81. The Morgan fingerprint density at radius 2 is 1.95 bits per heavy atom. The van der Waals surface area contributed by atoms with Gasteiger partial charge in [-0.2, -0.15) is 0 Å². The molecule has 2 unspecified atom stereocenters. The van der Waals surface area contributed by atoms with Crippen LogP contribution in [0.15, 0.2) is 17.6 Å². The third-order valence-electron chi connectivity index (χ3n) is 2.09. The van der Waals surface area contributed by atoms with Gasteiger partial charge in [0.2, 0.25) is 6.08 Å². The molecule has 2 rings (SSSR count). The number of ether oxygens (including phenoxy) is 4. The van der Waals surface area contributed by atoms with Crippen LogP contribution in [0.5, 0.6) is 0 Å². The smallest absolute Gasteiger partial charge is 0.330 e. The number of rotatable bonds is 8. The summed E-state index contributed by atoms with van der Waals surface area (Å²) < 4.78 is 19.6. The molecule has 7 nitrogen and oxygen atoms in total. The Labute approximate surface area is 111 Å². The van der Waals surface area contributed by atoms with Crippen LogP contribution in [0.1, 0.15) is 0 Å². The molecule has 0 amide bonds. The Balaban J connectivity index is 0.000000190. The predicted octanol–water partition coefficient (Wildman–Crippen LogP) is -0.148. The molecule has 0 spiro atoms. The number of esters is 1. The minimum atomic E-state index is -0.513. The second-order valence-corrected chi connectivity index (χ2v) is 3.79. The maximum atomic E-state index is 10.3. The highest BCUT2D eigenvalue weighted by atomic mass is 16.6. The van der Waals surface area contributed by atoms with E-state index in [9.17, 15) is 9.59 Å². The largest absolute Gasteiger partial charge is 0.461 e. The average molecular weight is 271 g/mol. The van der Waals surface area contributed by atoms with Crippen LogP contribution in [0.25, 0.3) is 0 Å².